The molecule has 1 N–H and O–H groups in total. The lowest BCUT2D eigenvalue weighted by Crippen LogP contribution is -2.59. The van der Waals surface area contributed by atoms with Crippen molar-refractivity contribution in [1.82, 2.24) is 10.2 Å². The first kappa shape index (κ1) is 17.8. The van der Waals surface area contributed by atoms with E-state index in [9.17, 15) is 9.59 Å². The van der Waals surface area contributed by atoms with Gasteiger partial charge in [0.2, 0.25) is 0 Å². The molecular weight excluding hydrogens is 336 g/mol. The van der Waals surface area contributed by atoms with Crippen LogP contribution in [0.1, 0.15) is 33.9 Å². The van der Waals surface area contributed by atoms with E-state index in [1.807, 2.05) is 48.4 Å². The Labute approximate surface area is 151 Å². The molecule has 3 rings (SSSR count). The van der Waals surface area contributed by atoms with E-state index in [0.29, 0.717) is 23.5 Å². The van der Waals surface area contributed by atoms with Gasteiger partial charge in [-0.3, -0.25) is 14.5 Å². The molecule has 0 saturated carbocycles. The third-order valence-corrected chi connectivity index (χ3v) is 5.00. The van der Waals surface area contributed by atoms with Gasteiger partial charge in [-0.25, -0.2) is 0 Å². The lowest BCUT2D eigenvalue weighted by atomic mass is 10.1. The number of nitrogens with zero attached hydrogens (tertiary/aromatic N) is 1. The van der Waals surface area contributed by atoms with Crippen LogP contribution in [0.2, 0.25) is 0 Å². The topological polar surface area (TPSA) is 58.6 Å². The van der Waals surface area contributed by atoms with Crippen LogP contribution in [0.25, 0.3) is 0 Å². The molecule has 1 aromatic heterocycles. The molecule has 25 heavy (non-hydrogen) atoms. The summed E-state index contributed by atoms with van der Waals surface area (Å²) in [4.78, 5) is 28.2. The van der Waals surface area contributed by atoms with E-state index in [0.717, 1.165) is 0 Å². The highest BCUT2D eigenvalue weighted by atomic mass is 32.1. The molecule has 0 spiro atoms. The third-order valence-electron chi connectivity index (χ3n) is 4.13. The van der Waals surface area contributed by atoms with Crippen LogP contribution < -0.4 is 5.32 Å². The number of thiophene rings is 1. The molecule has 1 amide bonds. The van der Waals surface area contributed by atoms with E-state index in [-0.39, 0.29) is 23.9 Å². The molecule has 1 aromatic carbocycles. The van der Waals surface area contributed by atoms with E-state index >= 15 is 0 Å². The predicted molar refractivity (Wildman–Crippen MR) is 97.9 cm³/mol. The quantitative estimate of drug-likeness (QED) is 0.835. The number of morpholine rings is 1. The molecule has 0 aliphatic carbocycles. The number of rotatable bonds is 5. The average molecular weight is 358 g/mol. The number of Topliss-reactive ketones (excluding diaryl/α,β-unsaturated/α-hetero) is 1. The van der Waals surface area contributed by atoms with Gasteiger partial charge < -0.3 is 10.1 Å². The second-order valence-corrected chi connectivity index (χ2v) is 7.24. The molecule has 1 saturated heterocycles. The molecule has 2 aromatic rings. The number of hydrogen-bond donors (Lipinski definition) is 1. The highest BCUT2D eigenvalue weighted by Gasteiger charge is 2.34. The summed E-state index contributed by atoms with van der Waals surface area (Å²) in [6.07, 6.45) is -0.687. The number of ether oxygens (including phenoxy) is 1. The first-order valence-electron chi connectivity index (χ1n) is 8.37. The van der Waals surface area contributed by atoms with Crippen LogP contribution in [-0.2, 0) is 4.74 Å². The maximum Gasteiger partial charge on any atom is 0.262 e. The molecule has 5 nitrogen and oxygen atoms in total. The Morgan fingerprint density at radius 2 is 1.80 bits per heavy atom. The largest absolute Gasteiger partial charge is 0.373 e. The average Bonchev–Trinajstić information content (AvgIpc) is 3.13. The second kappa shape index (κ2) is 7.91. The summed E-state index contributed by atoms with van der Waals surface area (Å²) >= 11 is 1.36. The van der Waals surface area contributed by atoms with Crippen molar-refractivity contribution in [2.75, 3.05) is 13.1 Å². The Kier molecular flexibility index (Phi) is 5.63. The molecule has 1 aliphatic rings. The minimum atomic E-state index is -0.703. The van der Waals surface area contributed by atoms with Gasteiger partial charge in [0.05, 0.1) is 17.1 Å². The first-order chi connectivity index (χ1) is 12.0. The van der Waals surface area contributed by atoms with E-state index in [2.05, 4.69) is 5.32 Å². The van der Waals surface area contributed by atoms with Gasteiger partial charge in [-0.2, -0.15) is 0 Å². The number of benzene rings is 1. The second-order valence-electron chi connectivity index (χ2n) is 6.29. The van der Waals surface area contributed by atoms with Gasteiger partial charge in [-0.05, 0) is 25.3 Å². The van der Waals surface area contributed by atoms with E-state index in [1.54, 1.807) is 18.2 Å². The standard InChI is InChI=1S/C19H22N2O3S/c1-13-11-21(12-14(2)24-13)18(17(22)15-7-4-3-5-8-15)20-19(23)16-9-6-10-25-16/h3-10,13-14,18H,11-12H2,1-2H3,(H,20,23)/t13-,14-,18+/m1/s1. The fourth-order valence-electron chi connectivity index (χ4n) is 3.11. The lowest BCUT2D eigenvalue weighted by molar-refractivity contribution is -0.0785. The minimum Gasteiger partial charge on any atom is -0.373 e. The van der Waals surface area contributed by atoms with Gasteiger partial charge in [0, 0.05) is 18.7 Å². The van der Waals surface area contributed by atoms with Gasteiger partial charge in [-0.1, -0.05) is 36.4 Å². The SMILES string of the molecule is C[C@@H]1CN([C@H](NC(=O)c2cccs2)C(=O)c2ccccc2)C[C@@H](C)O1. The Hall–Kier alpha value is -2.02. The fraction of sp³-hybridized carbons (Fsp3) is 0.368. The highest BCUT2D eigenvalue weighted by Crippen LogP contribution is 2.17. The Bertz CT molecular complexity index is 708. The van der Waals surface area contributed by atoms with Crippen molar-refractivity contribution in [3.63, 3.8) is 0 Å². The molecule has 3 atom stereocenters. The number of carbonyl (C=O) groups excluding carboxylic acids is 2. The minimum absolute atomic E-state index is 0.00784. The Morgan fingerprint density at radius 1 is 1.12 bits per heavy atom. The van der Waals surface area contributed by atoms with Gasteiger partial charge in [-0.15, -0.1) is 11.3 Å². The predicted octanol–water partition coefficient (Wildman–Crippen LogP) is 2.80. The fourth-order valence-corrected chi connectivity index (χ4v) is 3.74. The van der Waals surface area contributed by atoms with Crippen LogP contribution in [0.4, 0.5) is 0 Å². The van der Waals surface area contributed by atoms with Crippen LogP contribution in [0.5, 0.6) is 0 Å². The van der Waals surface area contributed by atoms with Crippen molar-refractivity contribution in [3.8, 4) is 0 Å². The Morgan fingerprint density at radius 3 is 2.40 bits per heavy atom. The summed E-state index contributed by atoms with van der Waals surface area (Å²) < 4.78 is 5.77. The van der Waals surface area contributed by atoms with E-state index in [4.69, 9.17) is 4.74 Å². The zero-order valence-electron chi connectivity index (χ0n) is 14.3. The monoisotopic (exact) mass is 358 g/mol. The zero-order valence-corrected chi connectivity index (χ0v) is 15.2. The smallest absolute Gasteiger partial charge is 0.262 e. The molecule has 1 fully saturated rings. The highest BCUT2D eigenvalue weighted by molar-refractivity contribution is 7.12. The van der Waals surface area contributed by atoms with Crippen molar-refractivity contribution in [3.05, 3.63) is 58.3 Å². The van der Waals surface area contributed by atoms with Crippen LogP contribution in [0, 0.1) is 0 Å². The van der Waals surface area contributed by atoms with Crippen LogP contribution >= 0.6 is 11.3 Å². The van der Waals surface area contributed by atoms with Crippen LogP contribution in [0.3, 0.4) is 0 Å². The number of ketones is 1. The van der Waals surface area contributed by atoms with E-state index in [1.165, 1.54) is 11.3 Å². The van der Waals surface area contributed by atoms with Crippen molar-refractivity contribution in [2.24, 2.45) is 0 Å². The molecule has 1 aliphatic heterocycles. The summed E-state index contributed by atoms with van der Waals surface area (Å²) in [6.45, 7) is 5.15. The van der Waals surface area contributed by atoms with Crippen LogP contribution in [-0.4, -0.2) is 48.1 Å². The van der Waals surface area contributed by atoms with Crippen molar-refractivity contribution < 1.29 is 14.3 Å². The van der Waals surface area contributed by atoms with Crippen LogP contribution in [0.15, 0.2) is 47.8 Å². The summed E-state index contributed by atoms with van der Waals surface area (Å²) in [6, 6.07) is 12.7. The molecular formula is C19H22N2O3S. The van der Waals surface area contributed by atoms with Crippen molar-refractivity contribution in [1.29, 1.82) is 0 Å². The van der Waals surface area contributed by atoms with Gasteiger partial charge >= 0.3 is 0 Å². The summed E-state index contributed by atoms with van der Waals surface area (Å²) in [7, 11) is 0. The molecule has 0 unspecified atom stereocenters. The molecule has 132 valence electrons. The molecule has 0 radical (unpaired) electrons. The molecule has 2 heterocycles. The zero-order chi connectivity index (χ0) is 17.8. The summed E-state index contributed by atoms with van der Waals surface area (Å²) in [5.41, 5.74) is 0.589. The maximum absolute atomic E-state index is 13.1. The van der Waals surface area contributed by atoms with Crippen molar-refractivity contribution >= 4 is 23.0 Å². The molecule has 0 bridgehead atoms. The molecule has 6 heteroatoms. The number of amides is 1. The maximum atomic E-state index is 13.1. The van der Waals surface area contributed by atoms with Gasteiger partial charge in [0.1, 0.15) is 6.17 Å². The Balaban J connectivity index is 1.85. The van der Waals surface area contributed by atoms with Gasteiger partial charge in [0.25, 0.3) is 5.91 Å². The number of carbonyl (C=O) groups is 2. The number of nitrogens with one attached hydrogen (secondary N) is 1. The summed E-state index contributed by atoms with van der Waals surface area (Å²) in [5, 5.41) is 4.77. The van der Waals surface area contributed by atoms with Crippen molar-refractivity contribution in [2.45, 2.75) is 32.2 Å². The number of hydrogen-bond acceptors (Lipinski definition) is 5. The van der Waals surface area contributed by atoms with E-state index < -0.39 is 6.17 Å². The summed E-state index contributed by atoms with van der Waals surface area (Å²) in [5.74, 6) is -0.331. The lowest BCUT2D eigenvalue weighted by Gasteiger charge is -2.39. The normalized spacial score (nSPS) is 22.3. The third kappa shape index (κ3) is 4.34. The van der Waals surface area contributed by atoms with Gasteiger partial charge in [0.15, 0.2) is 5.78 Å². The first-order valence-corrected chi connectivity index (χ1v) is 9.25.